The quantitative estimate of drug-likeness (QED) is 0.425. The van der Waals surface area contributed by atoms with Gasteiger partial charge in [0.25, 0.3) is 0 Å². The first-order valence-electron chi connectivity index (χ1n) is 6.90. The lowest BCUT2D eigenvalue weighted by atomic mass is 10.0. The van der Waals surface area contributed by atoms with Crippen LogP contribution in [0.15, 0.2) is 41.7 Å². The Bertz CT molecular complexity index is 994. The van der Waals surface area contributed by atoms with Crippen LogP contribution >= 0.6 is 23.2 Å². The molecule has 0 saturated carbocycles. The first kappa shape index (κ1) is 18.8. The van der Waals surface area contributed by atoms with Gasteiger partial charge in [-0.3, -0.25) is 0 Å². The van der Waals surface area contributed by atoms with Crippen molar-refractivity contribution in [3.8, 4) is 6.07 Å². The van der Waals surface area contributed by atoms with Gasteiger partial charge in [-0.15, -0.1) is 0 Å². The molecule has 0 aliphatic heterocycles. The molecule has 3 rings (SSSR count). The van der Waals surface area contributed by atoms with Crippen molar-refractivity contribution in [3.05, 3.63) is 58.1 Å². The summed E-state index contributed by atoms with van der Waals surface area (Å²) in [5.41, 5.74) is 7.69. The number of hydrogen-bond donors (Lipinski definition) is 1. The number of amidine groups is 1. The van der Waals surface area contributed by atoms with Crippen LogP contribution in [0.4, 0.5) is 10.1 Å². The SMILES string of the molecule is CC#N.[B]c1cc2c(Cl)c(C(N)=Nc3cc(F)ccc3Cl)cnn2c1. The minimum absolute atomic E-state index is 0.0762. The van der Waals surface area contributed by atoms with Gasteiger partial charge in [-0.1, -0.05) is 28.7 Å². The van der Waals surface area contributed by atoms with Gasteiger partial charge in [0.2, 0.25) is 0 Å². The van der Waals surface area contributed by atoms with Crippen LogP contribution in [0.2, 0.25) is 10.0 Å². The first-order chi connectivity index (χ1) is 11.9. The molecule has 0 amide bonds. The number of aromatic nitrogens is 2. The van der Waals surface area contributed by atoms with Gasteiger partial charge in [0.1, 0.15) is 19.5 Å². The van der Waals surface area contributed by atoms with Gasteiger partial charge >= 0.3 is 0 Å². The van der Waals surface area contributed by atoms with E-state index < -0.39 is 5.82 Å². The molecule has 2 aromatic heterocycles. The molecule has 0 spiro atoms. The zero-order valence-corrected chi connectivity index (χ0v) is 14.6. The molecule has 0 fully saturated rings. The Kier molecular flexibility index (Phi) is 6.02. The second kappa shape index (κ2) is 8.01. The Hall–Kier alpha value is -2.56. The number of nitriles is 1. The minimum Gasteiger partial charge on any atom is -0.383 e. The van der Waals surface area contributed by atoms with Crippen LogP contribution in [0, 0.1) is 17.1 Å². The zero-order valence-electron chi connectivity index (χ0n) is 13.0. The topological polar surface area (TPSA) is 79.5 Å². The van der Waals surface area contributed by atoms with Gasteiger partial charge in [-0.2, -0.15) is 10.4 Å². The fraction of sp³-hybridized carbons (Fsp3) is 0.0625. The van der Waals surface area contributed by atoms with Crippen LogP contribution < -0.4 is 11.2 Å². The second-order valence-electron chi connectivity index (χ2n) is 4.79. The predicted molar refractivity (Wildman–Crippen MR) is 98.7 cm³/mol. The maximum atomic E-state index is 13.3. The van der Waals surface area contributed by atoms with E-state index in [1.807, 2.05) is 0 Å². The summed E-state index contributed by atoms with van der Waals surface area (Å²) in [4.78, 5) is 4.12. The molecular formula is C16H11BCl2FN5. The molecule has 9 heteroatoms. The lowest BCUT2D eigenvalue weighted by Crippen LogP contribution is -2.14. The summed E-state index contributed by atoms with van der Waals surface area (Å²) in [5, 5.41) is 12.1. The number of nitrogens with zero attached hydrogens (tertiary/aromatic N) is 4. The van der Waals surface area contributed by atoms with E-state index in [0.29, 0.717) is 21.6 Å². The van der Waals surface area contributed by atoms with Gasteiger partial charge in [-0.05, 0) is 18.2 Å². The number of fused-ring (bicyclic) bond motifs is 1. The van der Waals surface area contributed by atoms with E-state index in [0.717, 1.165) is 0 Å². The Balaban J connectivity index is 0.000000701. The van der Waals surface area contributed by atoms with Crippen molar-refractivity contribution in [2.75, 3.05) is 0 Å². The number of nitrogens with two attached hydrogens (primary N) is 1. The largest absolute Gasteiger partial charge is 0.383 e. The van der Waals surface area contributed by atoms with Crippen molar-refractivity contribution in [2.24, 2.45) is 10.7 Å². The van der Waals surface area contributed by atoms with Gasteiger partial charge < -0.3 is 5.73 Å². The van der Waals surface area contributed by atoms with E-state index >= 15 is 0 Å². The molecule has 5 nitrogen and oxygen atoms in total. The zero-order chi connectivity index (χ0) is 18.6. The summed E-state index contributed by atoms with van der Waals surface area (Å²) in [7, 11) is 5.71. The summed E-state index contributed by atoms with van der Waals surface area (Å²) in [6.07, 6.45) is 3.09. The van der Waals surface area contributed by atoms with E-state index in [1.54, 1.807) is 18.3 Å². The smallest absolute Gasteiger partial charge is 0.134 e. The highest BCUT2D eigenvalue weighted by molar-refractivity contribution is 6.38. The maximum Gasteiger partial charge on any atom is 0.134 e. The fourth-order valence-electron chi connectivity index (χ4n) is 1.99. The van der Waals surface area contributed by atoms with Crippen LogP contribution in [-0.2, 0) is 0 Å². The number of hydrogen-bond acceptors (Lipinski definition) is 3. The van der Waals surface area contributed by atoms with Crippen molar-refractivity contribution in [2.45, 2.75) is 6.92 Å². The monoisotopic (exact) mass is 373 g/mol. The van der Waals surface area contributed by atoms with E-state index in [1.165, 1.54) is 35.8 Å². The summed E-state index contributed by atoms with van der Waals surface area (Å²) < 4.78 is 14.8. The Morgan fingerprint density at radius 2 is 2.08 bits per heavy atom. The van der Waals surface area contributed by atoms with Crippen molar-refractivity contribution < 1.29 is 4.39 Å². The number of benzene rings is 1. The lowest BCUT2D eigenvalue weighted by Gasteiger charge is -2.06. The first-order valence-corrected chi connectivity index (χ1v) is 7.65. The lowest BCUT2D eigenvalue weighted by molar-refractivity contribution is 0.628. The van der Waals surface area contributed by atoms with Crippen LogP contribution in [0.3, 0.4) is 0 Å². The number of rotatable bonds is 2. The van der Waals surface area contributed by atoms with Crippen LogP contribution in [0.25, 0.3) is 5.52 Å². The molecular weight excluding hydrogens is 363 g/mol. The molecule has 0 atom stereocenters. The molecule has 2 radical (unpaired) electrons. The average Bonchev–Trinajstić information content (AvgIpc) is 2.93. The van der Waals surface area contributed by atoms with Gasteiger partial charge in [0.05, 0.1) is 39.1 Å². The van der Waals surface area contributed by atoms with E-state index in [2.05, 4.69) is 10.1 Å². The Morgan fingerprint density at radius 3 is 2.76 bits per heavy atom. The van der Waals surface area contributed by atoms with Crippen LogP contribution in [0.5, 0.6) is 0 Å². The number of aliphatic imine (C=N–C) groups is 1. The molecule has 2 N–H and O–H groups in total. The fourth-order valence-corrected chi connectivity index (χ4v) is 2.43. The van der Waals surface area contributed by atoms with E-state index in [-0.39, 0.29) is 16.5 Å². The Labute approximate surface area is 154 Å². The second-order valence-corrected chi connectivity index (χ2v) is 5.58. The van der Waals surface area contributed by atoms with Crippen LogP contribution in [0.1, 0.15) is 12.5 Å². The van der Waals surface area contributed by atoms with Crippen molar-refractivity contribution >= 4 is 53.6 Å². The molecule has 0 aliphatic carbocycles. The van der Waals surface area contributed by atoms with Crippen molar-refractivity contribution in [1.82, 2.24) is 9.61 Å². The van der Waals surface area contributed by atoms with E-state index in [9.17, 15) is 4.39 Å². The molecule has 3 aromatic rings. The van der Waals surface area contributed by atoms with Crippen LogP contribution in [-0.4, -0.2) is 23.3 Å². The number of halogens is 3. The van der Waals surface area contributed by atoms with Crippen molar-refractivity contribution in [1.29, 1.82) is 5.26 Å². The molecule has 25 heavy (non-hydrogen) atoms. The molecule has 2 heterocycles. The summed E-state index contributed by atoms with van der Waals surface area (Å²) in [6, 6.07) is 7.24. The highest BCUT2D eigenvalue weighted by atomic mass is 35.5. The molecule has 0 aliphatic rings. The minimum atomic E-state index is -0.463. The summed E-state index contributed by atoms with van der Waals surface area (Å²) in [6.45, 7) is 1.43. The normalized spacial score (nSPS) is 10.9. The molecule has 124 valence electrons. The third-order valence-corrected chi connectivity index (χ3v) is 3.74. The summed E-state index contributed by atoms with van der Waals surface area (Å²) >= 11 is 12.3. The average molecular weight is 374 g/mol. The van der Waals surface area contributed by atoms with Gasteiger partial charge in [-0.25, -0.2) is 13.9 Å². The highest BCUT2D eigenvalue weighted by Gasteiger charge is 2.12. The maximum absolute atomic E-state index is 13.3. The molecule has 0 unspecified atom stereocenters. The third kappa shape index (κ3) is 4.30. The highest BCUT2D eigenvalue weighted by Crippen LogP contribution is 2.27. The molecule has 0 saturated heterocycles. The third-order valence-electron chi connectivity index (χ3n) is 3.02. The van der Waals surface area contributed by atoms with Gasteiger partial charge in [0.15, 0.2) is 0 Å². The predicted octanol–water partition coefficient (Wildman–Crippen LogP) is 3.14. The molecule has 1 aromatic carbocycles. The Morgan fingerprint density at radius 1 is 1.40 bits per heavy atom. The van der Waals surface area contributed by atoms with Crippen molar-refractivity contribution in [3.63, 3.8) is 0 Å². The standard InChI is InChI=1S/C14H8BCl2FN4.C2H3N/c15-7-3-12-13(17)9(5-20-22(12)6-7)14(19)21-11-4-8(18)1-2-10(11)16;1-2-3/h1-6H,(H2,19,21);1H3. The summed E-state index contributed by atoms with van der Waals surface area (Å²) in [5.74, 6) is -0.387. The van der Waals surface area contributed by atoms with E-state index in [4.69, 9.17) is 42.0 Å². The van der Waals surface area contributed by atoms with Gasteiger partial charge in [0, 0.05) is 19.2 Å². The molecule has 0 bridgehead atoms.